The summed E-state index contributed by atoms with van der Waals surface area (Å²) in [5.74, 6) is 1.18. The van der Waals surface area contributed by atoms with Gasteiger partial charge >= 0.3 is 0 Å². The maximum atomic E-state index is 14.0. The van der Waals surface area contributed by atoms with Crippen LogP contribution in [0.1, 0.15) is 87.7 Å². The molecule has 1 amide bonds. The van der Waals surface area contributed by atoms with Crippen LogP contribution in [0, 0.1) is 17.8 Å². The molecule has 3 heterocycles. The minimum Gasteiger partial charge on any atom is -0.490 e. The monoisotopic (exact) mass is 794 g/mol. The van der Waals surface area contributed by atoms with Crippen LogP contribution in [0.4, 0.5) is 5.69 Å². The molecule has 0 radical (unpaired) electrons. The number of anilines is 1. The van der Waals surface area contributed by atoms with Gasteiger partial charge in [-0.25, -0.2) is 4.21 Å². The van der Waals surface area contributed by atoms with Crippen molar-refractivity contribution in [1.29, 1.82) is 0 Å². The molecule has 2 aromatic carbocycles. The van der Waals surface area contributed by atoms with Crippen molar-refractivity contribution in [3.05, 3.63) is 70.3 Å². The first-order valence-corrected chi connectivity index (χ1v) is 22.3. The third-order valence-corrected chi connectivity index (χ3v) is 15.6. The van der Waals surface area contributed by atoms with Crippen LogP contribution >= 0.6 is 11.6 Å². The molecule has 2 fully saturated rings. The Morgan fingerprint density at radius 2 is 1.93 bits per heavy atom. The largest absolute Gasteiger partial charge is 0.490 e. The average Bonchev–Trinajstić information content (AvgIpc) is 3.29. The predicted octanol–water partition coefficient (Wildman–Crippen LogP) is 7.03. The standard InChI is InChI=1S/C44H63ClN4O5S/c1-30(2)49-21-20-47(25-32(49)4)28-44(53-6)19-7-9-31(3)41(17-22-52-5)55(51)46-42(50)34-12-16-40-39(24-34)48(26-35-11-14-38(35)44)27-43(29-54-40)18-8-10-33-23-36(45)13-15-37(33)43/h7,12-13,15-16,19,23-24,30-32,35,38,41H,8-11,14,17-18,20-22,25-29H2,1-6H3,(H,46,50)/b19-7+/t31?,32?,35?,38?,41?,43-,44-,55?/m0/s1. The smallest absolute Gasteiger partial charge is 0.263 e. The number of carbonyl (C=O) groups is 1. The van der Waals surface area contributed by atoms with E-state index in [0.29, 0.717) is 49.1 Å². The first-order valence-electron chi connectivity index (χ1n) is 20.7. The number of hydrogen-bond donors (Lipinski definition) is 1. The fourth-order valence-corrected chi connectivity index (χ4v) is 12.0. The predicted molar refractivity (Wildman–Crippen MR) is 223 cm³/mol. The van der Waals surface area contributed by atoms with Crippen LogP contribution in [0.5, 0.6) is 5.75 Å². The topological polar surface area (TPSA) is 83.6 Å². The Balaban J connectivity index is 1.29. The van der Waals surface area contributed by atoms with Crippen LogP contribution in [0.15, 0.2) is 48.6 Å². The third-order valence-electron chi connectivity index (χ3n) is 13.7. The van der Waals surface area contributed by atoms with Crippen molar-refractivity contribution < 1.29 is 23.2 Å². The van der Waals surface area contributed by atoms with Crippen LogP contribution in [-0.2, 0) is 32.3 Å². The van der Waals surface area contributed by atoms with Crippen molar-refractivity contribution in [2.45, 2.75) is 101 Å². The number of piperazine rings is 1. The summed E-state index contributed by atoms with van der Waals surface area (Å²) in [7, 11) is 1.96. The number of nitrogens with zero attached hydrogens (tertiary/aromatic N) is 3. The van der Waals surface area contributed by atoms with E-state index in [-0.39, 0.29) is 22.5 Å². The Hall–Kier alpha value is -2.47. The van der Waals surface area contributed by atoms with Crippen molar-refractivity contribution in [3.8, 4) is 5.75 Å². The minimum atomic E-state index is -1.62. The molecule has 55 heavy (non-hydrogen) atoms. The van der Waals surface area contributed by atoms with Crippen molar-refractivity contribution in [2.24, 2.45) is 17.8 Å². The molecule has 9 nitrogen and oxygen atoms in total. The number of allylic oxidation sites excluding steroid dienone is 1. The highest BCUT2D eigenvalue weighted by Gasteiger charge is 2.50. The Kier molecular flexibility index (Phi) is 12.7. The van der Waals surface area contributed by atoms with Gasteiger partial charge in [-0.1, -0.05) is 36.7 Å². The molecule has 302 valence electrons. The van der Waals surface area contributed by atoms with Gasteiger partial charge in [0.1, 0.15) is 22.3 Å². The van der Waals surface area contributed by atoms with Gasteiger partial charge in [0.15, 0.2) is 0 Å². The van der Waals surface area contributed by atoms with Gasteiger partial charge in [-0.3, -0.25) is 19.3 Å². The van der Waals surface area contributed by atoms with E-state index in [1.54, 1.807) is 7.11 Å². The second-order valence-electron chi connectivity index (χ2n) is 17.5. The SMILES string of the molecule is COCCC1C(C)C/C=C/[C@@](CN2CCN(C(C)C)C(C)C2)(OC)C2CCC2CN2C[C@@]3(CCCc4cc(Cl)ccc43)COc3ccc(cc32)C(=O)NS1=O. The first-order chi connectivity index (χ1) is 26.5. The Bertz CT molecular complexity index is 1740. The molecule has 5 aliphatic rings. The van der Waals surface area contributed by atoms with E-state index in [0.717, 1.165) is 94.3 Å². The lowest BCUT2D eigenvalue weighted by molar-refractivity contribution is -0.0992. The van der Waals surface area contributed by atoms with Crippen LogP contribution in [-0.4, -0.2) is 110 Å². The minimum absolute atomic E-state index is 0.0437. The van der Waals surface area contributed by atoms with Crippen molar-refractivity contribution in [1.82, 2.24) is 14.5 Å². The van der Waals surface area contributed by atoms with Gasteiger partial charge in [0, 0.05) is 88.2 Å². The van der Waals surface area contributed by atoms with Gasteiger partial charge in [0.05, 0.1) is 17.5 Å². The number of nitrogens with one attached hydrogen (secondary N) is 1. The highest BCUT2D eigenvalue weighted by molar-refractivity contribution is 7.84. The number of aryl methyl sites for hydroxylation is 1. The van der Waals surface area contributed by atoms with Crippen LogP contribution in [0.25, 0.3) is 0 Å². The van der Waals surface area contributed by atoms with E-state index in [1.807, 2.05) is 31.4 Å². The fourth-order valence-electron chi connectivity index (χ4n) is 10.6. The summed E-state index contributed by atoms with van der Waals surface area (Å²) in [6.45, 7) is 15.6. The molecule has 1 spiro atoms. The summed E-state index contributed by atoms with van der Waals surface area (Å²) in [5, 5.41) is 0.493. The molecule has 1 saturated heterocycles. The number of fused-ring (bicyclic) bond motifs is 4. The van der Waals surface area contributed by atoms with Crippen molar-refractivity contribution in [3.63, 3.8) is 0 Å². The molecule has 11 heteroatoms. The fraction of sp³-hybridized carbons (Fsp3) is 0.659. The molecule has 8 atom stereocenters. The number of amides is 1. The van der Waals surface area contributed by atoms with E-state index < -0.39 is 16.6 Å². The zero-order valence-electron chi connectivity index (χ0n) is 33.9. The van der Waals surface area contributed by atoms with Gasteiger partial charge in [0.25, 0.3) is 5.91 Å². The summed E-state index contributed by atoms with van der Waals surface area (Å²) < 4.78 is 35.9. The van der Waals surface area contributed by atoms with E-state index in [9.17, 15) is 9.00 Å². The van der Waals surface area contributed by atoms with Crippen molar-refractivity contribution in [2.75, 3.05) is 71.6 Å². The van der Waals surface area contributed by atoms with Gasteiger partial charge < -0.3 is 19.1 Å². The number of halogens is 1. The number of hydrogen-bond acceptors (Lipinski definition) is 8. The van der Waals surface area contributed by atoms with E-state index in [2.05, 4.69) is 71.4 Å². The van der Waals surface area contributed by atoms with Crippen LogP contribution in [0.2, 0.25) is 5.02 Å². The molecule has 2 aliphatic carbocycles. The molecular weight excluding hydrogens is 732 g/mol. The summed E-state index contributed by atoms with van der Waals surface area (Å²) in [5.41, 5.74) is 3.34. The third kappa shape index (κ3) is 8.42. The molecule has 7 rings (SSSR count). The van der Waals surface area contributed by atoms with Gasteiger partial charge in [-0.2, -0.15) is 0 Å². The number of ether oxygens (including phenoxy) is 3. The second kappa shape index (κ2) is 17.2. The lowest BCUT2D eigenvalue weighted by atomic mass is 9.63. The molecule has 0 aromatic heterocycles. The maximum Gasteiger partial charge on any atom is 0.263 e. The first kappa shape index (κ1) is 40.7. The quantitative estimate of drug-likeness (QED) is 0.300. The molecule has 3 aliphatic heterocycles. The zero-order valence-corrected chi connectivity index (χ0v) is 35.4. The van der Waals surface area contributed by atoms with E-state index in [1.165, 1.54) is 11.1 Å². The Morgan fingerprint density at radius 3 is 2.65 bits per heavy atom. The number of benzene rings is 2. The lowest BCUT2D eigenvalue weighted by Crippen LogP contribution is -2.61. The average molecular weight is 796 g/mol. The molecule has 6 unspecified atom stereocenters. The molecule has 2 aromatic rings. The molecule has 1 N–H and O–H groups in total. The summed E-state index contributed by atoms with van der Waals surface area (Å²) in [4.78, 5) is 21.6. The van der Waals surface area contributed by atoms with Gasteiger partial charge in [-0.05, 0) is 125 Å². The van der Waals surface area contributed by atoms with E-state index in [4.69, 9.17) is 25.8 Å². The summed E-state index contributed by atoms with van der Waals surface area (Å²) in [6, 6.07) is 13.1. The van der Waals surface area contributed by atoms with Crippen LogP contribution in [0.3, 0.4) is 0 Å². The Morgan fingerprint density at radius 1 is 1.09 bits per heavy atom. The molecular formula is C44H63ClN4O5S. The lowest BCUT2D eigenvalue weighted by Gasteiger charge is -2.53. The summed E-state index contributed by atoms with van der Waals surface area (Å²) >= 11 is 6.54. The number of rotatable bonds is 7. The molecule has 1 saturated carbocycles. The van der Waals surface area contributed by atoms with E-state index >= 15 is 0 Å². The highest BCUT2D eigenvalue weighted by Crippen LogP contribution is 2.49. The number of methoxy groups -OCH3 is 2. The zero-order chi connectivity index (χ0) is 38.9. The van der Waals surface area contributed by atoms with Gasteiger partial charge in [-0.15, -0.1) is 0 Å². The second-order valence-corrected chi connectivity index (χ2v) is 19.3. The highest BCUT2D eigenvalue weighted by atomic mass is 35.5. The normalized spacial score (nSPS) is 33.9. The van der Waals surface area contributed by atoms with Gasteiger partial charge in [0.2, 0.25) is 0 Å². The number of carbonyl (C=O) groups excluding carboxylic acids is 1. The van der Waals surface area contributed by atoms with Crippen molar-refractivity contribution >= 4 is 34.2 Å². The molecule has 2 bridgehead atoms. The Labute approximate surface area is 337 Å². The van der Waals surface area contributed by atoms with Crippen LogP contribution < -0.4 is 14.4 Å². The summed E-state index contributed by atoms with van der Waals surface area (Å²) in [6.07, 6.45) is 11.2. The maximum absolute atomic E-state index is 14.0.